The molecule has 0 fully saturated rings. The molecule has 0 radical (unpaired) electrons. The molecule has 2 aromatic rings. The highest BCUT2D eigenvalue weighted by molar-refractivity contribution is 5.72. The van der Waals surface area contributed by atoms with Crippen molar-refractivity contribution >= 4 is 17.0 Å². The van der Waals surface area contributed by atoms with Crippen LogP contribution in [0.1, 0.15) is 45.2 Å². The molecule has 1 N–H and O–H groups in total. The molecule has 0 atom stereocenters. The number of hydrogen-bond donors (Lipinski definition) is 1. The third kappa shape index (κ3) is 2.75. The van der Waals surface area contributed by atoms with Gasteiger partial charge in [-0.15, -0.1) is 0 Å². The molecule has 2 aromatic heterocycles. The maximum Gasteiger partial charge on any atom is 0.194 e. The predicted molar refractivity (Wildman–Crippen MR) is 87.3 cm³/mol. The first-order valence-electron chi connectivity index (χ1n) is 7.85. The van der Waals surface area contributed by atoms with Crippen LogP contribution in [0.3, 0.4) is 0 Å². The van der Waals surface area contributed by atoms with E-state index in [2.05, 4.69) is 41.4 Å². The lowest BCUT2D eigenvalue weighted by Crippen LogP contribution is -2.09. The molecule has 3 rings (SSSR count). The van der Waals surface area contributed by atoms with Gasteiger partial charge in [0.1, 0.15) is 5.82 Å². The smallest absolute Gasteiger partial charge is 0.194 e. The highest BCUT2D eigenvalue weighted by Crippen LogP contribution is 2.29. The maximum absolute atomic E-state index is 14.0. The third-order valence-electron chi connectivity index (χ3n) is 3.98. The van der Waals surface area contributed by atoms with Crippen LogP contribution >= 0.6 is 0 Å². The monoisotopic (exact) mass is 300 g/mol. The minimum Gasteiger partial charge on any atom is -0.370 e. The fourth-order valence-electron chi connectivity index (χ4n) is 2.73. The zero-order valence-electron chi connectivity index (χ0n) is 13.1. The van der Waals surface area contributed by atoms with Gasteiger partial charge >= 0.3 is 0 Å². The molecule has 0 unspecified atom stereocenters. The number of hydrogen-bond acceptors (Lipinski definition) is 3. The van der Waals surface area contributed by atoms with E-state index in [0.717, 1.165) is 43.7 Å². The Morgan fingerprint density at radius 1 is 1.41 bits per heavy atom. The molecule has 4 nitrogen and oxygen atoms in total. The predicted octanol–water partition coefficient (Wildman–Crippen LogP) is 4.20. The Kier molecular flexibility index (Phi) is 4.22. The lowest BCUT2D eigenvalue weighted by Gasteiger charge is -2.15. The average Bonchev–Trinajstić information content (AvgIpc) is 2.90. The second-order valence-corrected chi connectivity index (χ2v) is 5.64. The van der Waals surface area contributed by atoms with E-state index >= 15 is 0 Å². The molecule has 1 aliphatic carbocycles. The Morgan fingerprint density at radius 3 is 3.05 bits per heavy atom. The fourth-order valence-corrected chi connectivity index (χ4v) is 2.73. The van der Waals surface area contributed by atoms with Crippen molar-refractivity contribution in [2.75, 3.05) is 11.9 Å². The van der Waals surface area contributed by atoms with Crippen LogP contribution in [-0.2, 0) is 0 Å². The van der Waals surface area contributed by atoms with Crippen LogP contribution in [0.2, 0.25) is 0 Å². The van der Waals surface area contributed by atoms with Crippen LogP contribution in [-0.4, -0.2) is 21.1 Å². The Labute approximate surface area is 129 Å². The van der Waals surface area contributed by atoms with Crippen LogP contribution in [0.4, 0.5) is 10.2 Å². The van der Waals surface area contributed by atoms with E-state index in [0.29, 0.717) is 0 Å². The number of nitrogens with zero attached hydrogens (tertiary/aromatic N) is 3. The maximum atomic E-state index is 14.0. The first-order chi connectivity index (χ1) is 10.7. The number of nitrogens with one attached hydrogen (secondary N) is 1. The van der Waals surface area contributed by atoms with Crippen molar-refractivity contribution in [3.8, 4) is 0 Å². The number of aromatic nitrogens is 3. The van der Waals surface area contributed by atoms with Crippen molar-refractivity contribution in [1.82, 2.24) is 14.6 Å². The van der Waals surface area contributed by atoms with Gasteiger partial charge in [-0.25, -0.2) is 9.37 Å². The van der Waals surface area contributed by atoms with Crippen molar-refractivity contribution < 1.29 is 4.39 Å². The second kappa shape index (κ2) is 6.30. The van der Waals surface area contributed by atoms with Gasteiger partial charge < -0.3 is 5.32 Å². The lowest BCUT2D eigenvalue weighted by atomic mass is 9.96. The van der Waals surface area contributed by atoms with Gasteiger partial charge in [-0.1, -0.05) is 25.5 Å². The zero-order chi connectivity index (χ0) is 15.5. The molecular weight excluding hydrogens is 279 g/mol. The summed E-state index contributed by atoms with van der Waals surface area (Å²) in [6.45, 7) is 5.06. The Hall–Kier alpha value is -2.17. The standard InChI is InChI=1S/C17H21FN4/c1-3-4-9-19-16-10-15(13-8-6-5-7-12(13)2)21-17-14(18)11-20-22(16)17/h5,7,10-11,19H,3-4,6,8-9H2,1-2H3. The number of fused-ring (bicyclic) bond motifs is 1. The molecule has 2 heterocycles. The van der Waals surface area contributed by atoms with Crippen molar-refractivity contribution in [3.63, 3.8) is 0 Å². The summed E-state index contributed by atoms with van der Waals surface area (Å²) in [5.41, 5.74) is 3.51. The van der Waals surface area contributed by atoms with E-state index in [9.17, 15) is 4.39 Å². The Morgan fingerprint density at radius 2 is 2.27 bits per heavy atom. The van der Waals surface area contributed by atoms with E-state index in [1.807, 2.05) is 6.07 Å². The van der Waals surface area contributed by atoms with Crippen LogP contribution in [0, 0.1) is 5.82 Å². The van der Waals surface area contributed by atoms with E-state index in [-0.39, 0.29) is 11.5 Å². The minimum atomic E-state index is -0.384. The van der Waals surface area contributed by atoms with E-state index in [1.165, 1.54) is 17.3 Å². The minimum absolute atomic E-state index is 0.284. The van der Waals surface area contributed by atoms with Gasteiger partial charge in [-0.2, -0.15) is 9.61 Å². The second-order valence-electron chi connectivity index (χ2n) is 5.64. The first kappa shape index (κ1) is 14.8. The summed E-state index contributed by atoms with van der Waals surface area (Å²) < 4.78 is 15.5. The third-order valence-corrected chi connectivity index (χ3v) is 3.98. The van der Waals surface area contributed by atoms with Crippen molar-refractivity contribution in [3.05, 3.63) is 41.5 Å². The van der Waals surface area contributed by atoms with E-state index in [1.54, 1.807) is 4.52 Å². The molecule has 0 aromatic carbocycles. The van der Waals surface area contributed by atoms with Crippen LogP contribution in [0.15, 0.2) is 30.0 Å². The largest absolute Gasteiger partial charge is 0.370 e. The van der Waals surface area contributed by atoms with Crippen molar-refractivity contribution in [2.45, 2.75) is 39.5 Å². The molecule has 0 bridgehead atoms. The van der Waals surface area contributed by atoms with Crippen LogP contribution in [0.5, 0.6) is 0 Å². The normalized spacial score (nSPS) is 14.9. The van der Waals surface area contributed by atoms with Gasteiger partial charge in [-0.05, 0) is 37.3 Å². The lowest BCUT2D eigenvalue weighted by molar-refractivity contribution is 0.635. The number of rotatable bonds is 5. The molecular formula is C17H21FN4. The summed E-state index contributed by atoms with van der Waals surface area (Å²) >= 11 is 0. The molecule has 22 heavy (non-hydrogen) atoms. The summed E-state index contributed by atoms with van der Waals surface area (Å²) in [6, 6.07) is 1.98. The molecule has 1 aliphatic rings. The molecule has 5 heteroatoms. The fraction of sp³-hybridized carbons (Fsp3) is 0.412. The van der Waals surface area contributed by atoms with Gasteiger partial charge in [0.05, 0.1) is 11.9 Å². The molecule has 0 saturated heterocycles. The zero-order valence-corrected chi connectivity index (χ0v) is 13.1. The van der Waals surface area contributed by atoms with Gasteiger partial charge in [0, 0.05) is 12.6 Å². The SMILES string of the molecule is CCCCNc1cc(C2=C(C)C=CCC2)nc2c(F)cnn12. The summed E-state index contributed by atoms with van der Waals surface area (Å²) in [5.74, 6) is 0.414. The molecule has 0 spiro atoms. The number of halogens is 1. The summed E-state index contributed by atoms with van der Waals surface area (Å²) in [5, 5.41) is 7.44. The number of allylic oxidation sites excluding steroid dienone is 4. The summed E-state index contributed by atoms with van der Waals surface area (Å²) in [6.07, 6.45) is 9.61. The van der Waals surface area contributed by atoms with Gasteiger partial charge in [-0.3, -0.25) is 0 Å². The molecule has 116 valence electrons. The summed E-state index contributed by atoms with van der Waals surface area (Å²) in [7, 11) is 0. The average molecular weight is 300 g/mol. The van der Waals surface area contributed by atoms with Crippen molar-refractivity contribution in [2.24, 2.45) is 0 Å². The number of unbranched alkanes of at least 4 members (excludes halogenated alkanes) is 1. The molecule has 0 aliphatic heterocycles. The Bertz CT molecular complexity index is 742. The van der Waals surface area contributed by atoms with Gasteiger partial charge in [0.15, 0.2) is 11.5 Å². The first-order valence-corrected chi connectivity index (χ1v) is 7.85. The highest BCUT2D eigenvalue weighted by Gasteiger charge is 2.15. The molecule has 0 saturated carbocycles. The quantitative estimate of drug-likeness (QED) is 0.841. The van der Waals surface area contributed by atoms with E-state index in [4.69, 9.17) is 0 Å². The Balaban J connectivity index is 2.07. The highest BCUT2D eigenvalue weighted by atomic mass is 19.1. The van der Waals surface area contributed by atoms with Gasteiger partial charge in [0.2, 0.25) is 0 Å². The summed E-state index contributed by atoms with van der Waals surface area (Å²) in [4.78, 5) is 4.49. The van der Waals surface area contributed by atoms with Crippen LogP contribution in [0.25, 0.3) is 11.2 Å². The van der Waals surface area contributed by atoms with Gasteiger partial charge in [0.25, 0.3) is 0 Å². The van der Waals surface area contributed by atoms with E-state index < -0.39 is 0 Å². The topological polar surface area (TPSA) is 42.2 Å². The number of anilines is 1. The van der Waals surface area contributed by atoms with Crippen LogP contribution < -0.4 is 5.32 Å². The van der Waals surface area contributed by atoms with Crippen molar-refractivity contribution in [1.29, 1.82) is 0 Å². The molecule has 0 amide bonds.